The van der Waals surface area contributed by atoms with Gasteiger partial charge in [-0.2, -0.15) is 0 Å². The Hall–Kier alpha value is -0.790. The lowest BCUT2D eigenvalue weighted by Crippen LogP contribution is -2.17. The fraction of sp³-hybridized carbons (Fsp3) is 0.667. The number of nitrogens with one attached hydrogen (secondary N) is 1. The molecule has 0 aromatic carbocycles. The Bertz CT molecular complexity index is 310. The second-order valence-electron chi connectivity index (χ2n) is 4.84. The van der Waals surface area contributed by atoms with E-state index in [0.29, 0.717) is 5.92 Å². The Kier molecular flexibility index (Phi) is 3.03. The summed E-state index contributed by atoms with van der Waals surface area (Å²) >= 11 is 0. The van der Waals surface area contributed by atoms with Crippen molar-refractivity contribution in [3.63, 3.8) is 0 Å². The van der Waals surface area contributed by atoms with Crippen LogP contribution in [0, 0.1) is 5.82 Å². The zero-order valence-electron chi connectivity index (χ0n) is 9.74. The Morgan fingerprint density at radius 3 is 2.36 bits per heavy atom. The summed E-state index contributed by atoms with van der Waals surface area (Å²) in [4.78, 5) is 3.20. The number of aromatic nitrogens is 1. The molecular formula is C12H20FN. The quantitative estimate of drug-likeness (QED) is 0.754. The largest absolute Gasteiger partial charge is 0.359 e. The highest BCUT2D eigenvalue weighted by molar-refractivity contribution is 5.24. The van der Waals surface area contributed by atoms with Crippen molar-refractivity contribution in [1.82, 2.24) is 4.98 Å². The molecule has 1 aromatic heterocycles. The SMILES string of the molecule is CCC(C)(C)c1[nH]c(C(C)C)cc1F. The highest BCUT2D eigenvalue weighted by Gasteiger charge is 2.24. The summed E-state index contributed by atoms with van der Waals surface area (Å²) in [6.07, 6.45) is 0.933. The Morgan fingerprint density at radius 1 is 1.43 bits per heavy atom. The molecule has 0 fully saturated rings. The minimum atomic E-state index is -0.1000. The van der Waals surface area contributed by atoms with Gasteiger partial charge < -0.3 is 4.98 Å². The smallest absolute Gasteiger partial charge is 0.144 e. The fourth-order valence-electron chi connectivity index (χ4n) is 1.43. The number of hydrogen-bond acceptors (Lipinski definition) is 0. The third kappa shape index (κ3) is 1.99. The number of H-pyrrole nitrogens is 1. The van der Waals surface area contributed by atoms with Gasteiger partial charge in [-0.15, -0.1) is 0 Å². The monoisotopic (exact) mass is 197 g/mol. The van der Waals surface area contributed by atoms with E-state index in [4.69, 9.17) is 0 Å². The van der Waals surface area contributed by atoms with Crippen molar-refractivity contribution in [2.45, 2.75) is 52.4 Å². The van der Waals surface area contributed by atoms with Crippen LogP contribution in [0.2, 0.25) is 0 Å². The molecule has 0 saturated heterocycles. The van der Waals surface area contributed by atoms with Gasteiger partial charge in [0.1, 0.15) is 5.82 Å². The van der Waals surface area contributed by atoms with Gasteiger partial charge >= 0.3 is 0 Å². The molecule has 2 heteroatoms. The van der Waals surface area contributed by atoms with E-state index in [2.05, 4.69) is 39.6 Å². The van der Waals surface area contributed by atoms with Crippen LogP contribution in [0.1, 0.15) is 58.3 Å². The summed E-state index contributed by atoms with van der Waals surface area (Å²) in [5, 5.41) is 0. The van der Waals surface area contributed by atoms with E-state index < -0.39 is 0 Å². The Labute approximate surface area is 85.7 Å². The standard InChI is InChI=1S/C12H20FN/c1-6-12(4,5)11-9(13)7-10(14-11)8(2)3/h7-8,14H,6H2,1-5H3. The summed E-state index contributed by atoms with van der Waals surface area (Å²) in [7, 11) is 0. The molecule has 0 bridgehead atoms. The molecule has 0 amide bonds. The molecule has 0 radical (unpaired) electrons. The van der Waals surface area contributed by atoms with E-state index in [1.54, 1.807) is 6.07 Å². The van der Waals surface area contributed by atoms with Gasteiger partial charge in [0.25, 0.3) is 0 Å². The number of hydrogen-bond donors (Lipinski definition) is 1. The molecule has 14 heavy (non-hydrogen) atoms. The minimum absolute atomic E-state index is 0.0967. The van der Waals surface area contributed by atoms with Crippen LogP contribution in [0.4, 0.5) is 4.39 Å². The van der Waals surface area contributed by atoms with Crippen LogP contribution >= 0.6 is 0 Å². The van der Waals surface area contributed by atoms with E-state index in [1.807, 2.05) is 0 Å². The average molecular weight is 197 g/mol. The molecule has 1 aromatic rings. The molecule has 80 valence electrons. The fourth-order valence-corrected chi connectivity index (χ4v) is 1.43. The molecule has 1 nitrogen and oxygen atoms in total. The van der Waals surface area contributed by atoms with Crippen molar-refractivity contribution in [3.8, 4) is 0 Å². The first-order valence-corrected chi connectivity index (χ1v) is 5.27. The van der Waals surface area contributed by atoms with Crippen molar-refractivity contribution in [2.24, 2.45) is 0 Å². The highest BCUT2D eigenvalue weighted by atomic mass is 19.1. The lowest BCUT2D eigenvalue weighted by Gasteiger charge is -2.21. The summed E-state index contributed by atoms with van der Waals surface area (Å²) < 4.78 is 13.6. The lowest BCUT2D eigenvalue weighted by molar-refractivity contribution is 0.458. The van der Waals surface area contributed by atoms with Crippen molar-refractivity contribution in [3.05, 3.63) is 23.3 Å². The topological polar surface area (TPSA) is 15.8 Å². The molecule has 1 rings (SSSR count). The van der Waals surface area contributed by atoms with Crippen molar-refractivity contribution < 1.29 is 4.39 Å². The third-order valence-corrected chi connectivity index (χ3v) is 2.97. The average Bonchev–Trinajstić information content (AvgIpc) is 2.48. The van der Waals surface area contributed by atoms with Crippen molar-refractivity contribution >= 4 is 0 Å². The number of rotatable bonds is 3. The molecule has 0 aliphatic heterocycles. The maximum atomic E-state index is 13.6. The Morgan fingerprint density at radius 2 is 2.00 bits per heavy atom. The van der Waals surface area contributed by atoms with Gasteiger partial charge in [0, 0.05) is 11.1 Å². The molecule has 0 aliphatic rings. The van der Waals surface area contributed by atoms with Crippen LogP contribution in [0.3, 0.4) is 0 Å². The maximum Gasteiger partial charge on any atom is 0.144 e. The normalized spacial score (nSPS) is 12.5. The Balaban J connectivity index is 3.10. The first-order valence-electron chi connectivity index (χ1n) is 5.27. The first-order chi connectivity index (χ1) is 6.38. The van der Waals surface area contributed by atoms with Crippen molar-refractivity contribution in [1.29, 1.82) is 0 Å². The molecule has 0 saturated carbocycles. The summed E-state index contributed by atoms with van der Waals surface area (Å²) in [5.74, 6) is 0.256. The van der Waals surface area contributed by atoms with Crippen LogP contribution in [-0.4, -0.2) is 4.98 Å². The first kappa shape index (κ1) is 11.3. The molecular weight excluding hydrogens is 177 g/mol. The van der Waals surface area contributed by atoms with Gasteiger partial charge in [-0.05, 0) is 18.4 Å². The van der Waals surface area contributed by atoms with Crippen LogP contribution < -0.4 is 0 Å². The minimum Gasteiger partial charge on any atom is -0.359 e. The number of aromatic amines is 1. The van der Waals surface area contributed by atoms with E-state index in [0.717, 1.165) is 17.8 Å². The molecule has 0 atom stereocenters. The van der Waals surface area contributed by atoms with E-state index in [9.17, 15) is 4.39 Å². The van der Waals surface area contributed by atoms with Gasteiger partial charge in [-0.1, -0.05) is 34.6 Å². The summed E-state index contributed by atoms with van der Waals surface area (Å²) in [5.41, 5.74) is 1.62. The van der Waals surface area contributed by atoms with Gasteiger partial charge in [0.05, 0.1) is 5.69 Å². The molecule has 0 aliphatic carbocycles. The van der Waals surface area contributed by atoms with E-state index in [1.165, 1.54) is 0 Å². The van der Waals surface area contributed by atoms with E-state index in [-0.39, 0.29) is 11.2 Å². The predicted molar refractivity (Wildman–Crippen MR) is 58.2 cm³/mol. The number of halogens is 1. The van der Waals surface area contributed by atoms with Gasteiger partial charge in [-0.25, -0.2) is 4.39 Å². The van der Waals surface area contributed by atoms with Crippen LogP contribution in [0.5, 0.6) is 0 Å². The summed E-state index contributed by atoms with van der Waals surface area (Å²) in [6.45, 7) is 10.3. The van der Waals surface area contributed by atoms with Gasteiger partial charge in [0.2, 0.25) is 0 Å². The summed E-state index contributed by atoms with van der Waals surface area (Å²) in [6, 6.07) is 1.62. The molecule has 0 spiro atoms. The van der Waals surface area contributed by atoms with E-state index >= 15 is 0 Å². The van der Waals surface area contributed by atoms with Crippen LogP contribution in [-0.2, 0) is 5.41 Å². The van der Waals surface area contributed by atoms with Crippen LogP contribution in [0.15, 0.2) is 6.07 Å². The predicted octanol–water partition coefficient (Wildman–Crippen LogP) is 3.96. The second-order valence-corrected chi connectivity index (χ2v) is 4.84. The van der Waals surface area contributed by atoms with Crippen LogP contribution in [0.25, 0.3) is 0 Å². The molecule has 1 heterocycles. The van der Waals surface area contributed by atoms with Gasteiger partial charge in [0.15, 0.2) is 0 Å². The zero-order chi connectivity index (χ0) is 10.9. The zero-order valence-corrected chi connectivity index (χ0v) is 9.74. The maximum absolute atomic E-state index is 13.6. The van der Waals surface area contributed by atoms with Crippen molar-refractivity contribution in [2.75, 3.05) is 0 Å². The highest BCUT2D eigenvalue weighted by Crippen LogP contribution is 2.30. The third-order valence-electron chi connectivity index (χ3n) is 2.97. The molecule has 1 N–H and O–H groups in total. The lowest BCUT2D eigenvalue weighted by atomic mass is 9.86. The van der Waals surface area contributed by atoms with Gasteiger partial charge in [-0.3, -0.25) is 0 Å². The molecule has 0 unspecified atom stereocenters. The second kappa shape index (κ2) is 3.76.